The molecule has 0 fully saturated rings. The van der Waals surface area contributed by atoms with Gasteiger partial charge in [-0.1, -0.05) is 0 Å². The summed E-state index contributed by atoms with van der Waals surface area (Å²) in [4.78, 5) is 4.56. The summed E-state index contributed by atoms with van der Waals surface area (Å²) in [6.07, 6.45) is 0. The molecule has 2 nitrogen and oxygen atoms in total. The van der Waals surface area contributed by atoms with Crippen molar-refractivity contribution in [2.45, 2.75) is 13.5 Å². The van der Waals surface area contributed by atoms with Crippen molar-refractivity contribution < 1.29 is 13.6 Å². The minimum absolute atomic E-state index is 0.226. The highest BCUT2D eigenvalue weighted by molar-refractivity contribution is 5.25. The van der Waals surface area contributed by atoms with E-state index in [0.717, 1.165) is 6.07 Å². The highest BCUT2D eigenvalue weighted by atomic mass is 19.1. The monoisotopic (exact) mass is 187 g/mol. The molecule has 0 saturated carbocycles. The van der Waals surface area contributed by atoms with E-state index in [0.29, 0.717) is 11.1 Å². The molecule has 1 aromatic carbocycles. The maximum absolute atomic E-state index is 13.0. The third kappa shape index (κ3) is 2.47. The molecule has 4 heteroatoms. The lowest BCUT2D eigenvalue weighted by molar-refractivity contribution is 0.0859. The van der Waals surface area contributed by atoms with Crippen LogP contribution in [0.15, 0.2) is 12.1 Å². The Morgan fingerprint density at radius 1 is 1.31 bits per heavy atom. The van der Waals surface area contributed by atoms with Gasteiger partial charge in [-0.15, -0.1) is 0 Å². The summed E-state index contributed by atoms with van der Waals surface area (Å²) >= 11 is 0. The van der Waals surface area contributed by atoms with Gasteiger partial charge in [-0.05, 0) is 18.6 Å². The summed E-state index contributed by atoms with van der Waals surface area (Å²) < 4.78 is 25.8. The summed E-state index contributed by atoms with van der Waals surface area (Å²) in [6, 6.07) is 2.33. The minimum Gasteiger partial charge on any atom is -0.305 e. The van der Waals surface area contributed by atoms with E-state index in [1.165, 1.54) is 13.2 Å². The molecule has 0 aliphatic rings. The molecule has 1 N–H and O–H groups in total. The van der Waals surface area contributed by atoms with Crippen molar-refractivity contribution in [2.75, 3.05) is 7.11 Å². The fourth-order valence-corrected chi connectivity index (χ4v) is 1.00. The zero-order valence-corrected chi connectivity index (χ0v) is 7.53. The summed E-state index contributed by atoms with van der Waals surface area (Å²) in [5.74, 6) is -1.09. The number of hydrogen-bond acceptors (Lipinski definition) is 2. The average Bonchev–Trinajstić information content (AvgIpc) is 2.09. The van der Waals surface area contributed by atoms with Crippen LogP contribution in [-0.2, 0) is 11.4 Å². The number of benzene rings is 1. The average molecular weight is 187 g/mol. The third-order valence-electron chi connectivity index (χ3n) is 1.73. The van der Waals surface area contributed by atoms with Crippen LogP contribution in [0.3, 0.4) is 0 Å². The van der Waals surface area contributed by atoms with E-state index < -0.39 is 11.6 Å². The molecule has 0 amide bonds. The summed E-state index contributed by atoms with van der Waals surface area (Å²) in [7, 11) is 1.44. The minimum atomic E-state index is -0.562. The lowest BCUT2D eigenvalue weighted by Crippen LogP contribution is -2.12. The van der Waals surface area contributed by atoms with Crippen LogP contribution < -0.4 is 5.48 Å². The highest BCUT2D eigenvalue weighted by Gasteiger charge is 2.06. The number of aryl methyl sites for hydroxylation is 1. The second-order valence-electron chi connectivity index (χ2n) is 2.72. The SMILES string of the molecule is CONCc1cc(C)c(F)cc1F. The van der Waals surface area contributed by atoms with E-state index in [4.69, 9.17) is 0 Å². The van der Waals surface area contributed by atoms with Crippen LogP contribution in [0.2, 0.25) is 0 Å². The largest absolute Gasteiger partial charge is 0.305 e. The lowest BCUT2D eigenvalue weighted by Gasteiger charge is -2.05. The Kier molecular flexibility index (Phi) is 3.33. The van der Waals surface area contributed by atoms with Crippen molar-refractivity contribution in [3.8, 4) is 0 Å². The van der Waals surface area contributed by atoms with Gasteiger partial charge in [0.15, 0.2) is 0 Å². The molecule has 0 aliphatic heterocycles. The van der Waals surface area contributed by atoms with Crippen LogP contribution in [0.1, 0.15) is 11.1 Å². The third-order valence-corrected chi connectivity index (χ3v) is 1.73. The topological polar surface area (TPSA) is 21.3 Å². The molecular formula is C9H11F2NO. The van der Waals surface area contributed by atoms with Crippen LogP contribution >= 0.6 is 0 Å². The van der Waals surface area contributed by atoms with Crippen molar-refractivity contribution in [1.82, 2.24) is 5.48 Å². The molecule has 0 atom stereocenters. The van der Waals surface area contributed by atoms with Gasteiger partial charge in [-0.2, -0.15) is 5.48 Å². The number of halogens is 2. The highest BCUT2D eigenvalue weighted by Crippen LogP contribution is 2.13. The van der Waals surface area contributed by atoms with Gasteiger partial charge in [0.25, 0.3) is 0 Å². The first-order chi connectivity index (χ1) is 6.15. The van der Waals surface area contributed by atoms with Crippen LogP contribution in [0, 0.1) is 18.6 Å². The van der Waals surface area contributed by atoms with Crippen LogP contribution in [0.4, 0.5) is 8.78 Å². The van der Waals surface area contributed by atoms with Gasteiger partial charge < -0.3 is 4.84 Å². The van der Waals surface area contributed by atoms with Gasteiger partial charge in [0.1, 0.15) is 11.6 Å². The van der Waals surface area contributed by atoms with Crippen molar-refractivity contribution in [1.29, 1.82) is 0 Å². The molecule has 0 bridgehead atoms. The predicted molar refractivity (Wildman–Crippen MR) is 44.9 cm³/mol. The second kappa shape index (κ2) is 4.30. The Balaban J connectivity index is 2.88. The fraction of sp³-hybridized carbons (Fsp3) is 0.333. The van der Waals surface area contributed by atoms with E-state index in [1.807, 2.05) is 0 Å². The molecular weight excluding hydrogens is 176 g/mol. The Morgan fingerprint density at radius 2 is 2.00 bits per heavy atom. The van der Waals surface area contributed by atoms with E-state index in [1.54, 1.807) is 6.92 Å². The Morgan fingerprint density at radius 3 is 2.62 bits per heavy atom. The maximum atomic E-state index is 13.0. The van der Waals surface area contributed by atoms with Crippen LogP contribution in [-0.4, -0.2) is 7.11 Å². The Bertz CT molecular complexity index is 302. The van der Waals surface area contributed by atoms with Gasteiger partial charge >= 0.3 is 0 Å². The van der Waals surface area contributed by atoms with Gasteiger partial charge in [0.2, 0.25) is 0 Å². The Hall–Kier alpha value is -1.00. The molecule has 0 saturated heterocycles. The van der Waals surface area contributed by atoms with Crippen molar-refractivity contribution in [2.24, 2.45) is 0 Å². The van der Waals surface area contributed by atoms with Gasteiger partial charge in [0, 0.05) is 18.2 Å². The molecule has 0 aliphatic carbocycles. The number of hydrogen-bond donors (Lipinski definition) is 1. The van der Waals surface area contributed by atoms with E-state index in [2.05, 4.69) is 10.3 Å². The molecule has 0 aromatic heterocycles. The van der Waals surface area contributed by atoms with Crippen molar-refractivity contribution >= 4 is 0 Å². The lowest BCUT2D eigenvalue weighted by atomic mass is 10.1. The molecule has 1 rings (SSSR count). The molecule has 13 heavy (non-hydrogen) atoms. The second-order valence-corrected chi connectivity index (χ2v) is 2.72. The van der Waals surface area contributed by atoms with E-state index >= 15 is 0 Å². The zero-order chi connectivity index (χ0) is 9.84. The van der Waals surface area contributed by atoms with Crippen molar-refractivity contribution in [3.63, 3.8) is 0 Å². The molecule has 0 radical (unpaired) electrons. The first-order valence-electron chi connectivity index (χ1n) is 3.85. The quantitative estimate of drug-likeness (QED) is 0.730. The van der Waals surface area contributed by atoms with Crippen molar-refractivity contribution in [3.05, 3.63) is 34.9 Å². The summed E-state index contributed by atoms with van der Waals surface area (Å²) in [6.45, 7) is 1.81. The Labute approximate surface area is 75.5 Å². The van der Waals surface area contributed by atoms with Crippen LogP contribution in [0.5, 0.6) is 0 Å². The molecule has 1 aromatic rings. The first-order valence-corrected chi connectivity index (χ1v) is 3.85. The summed E-state index contributed by atoms with van der Waals surface area (Å²) in [5.41, 5.74) is 3.30. The molecule has 72 valence electrons. The number of nitrogens with one attached hydrogen (secondary N) is 1. The number of rotatable bonds is 3. The fourth-order valence-electron chi connectivity index (χ4n) is 1.00. The molecule has 0 spiro atoms. The van der Waals surface area contributed by atoms with E-state index in [-0.39, 0.29) is 6.54 Å². The standard InChI is InChI=1S/C9H11F2NO/c1-6-3-7(5-12-13-2)9(11)4-8(6)10/h3-4,12H,5H2,1-2H3. The molecule has 0 unspecified atom stereocenters. The first kappa shape index (κ1) is 10.1. The van der Waals surface area contributed by atoms with Crippen LogP contribution in [0.25, 0.3) is 0 Å². The van der Waals surface area contributed by atoms with Gasteiger partial charge in [-0.3, -0.25) is 0 Å². The maximum Gasteiger partial charge on any atom is 0.130 e. The van der Waals surface area contributed by atoms with Gasteiger partial charge in [0.05, 0.1) is 7.11 Å². The normalized spacial score (nSPS) is 10.5. The summed E-state index contributed by atoms with van der Waals surface area (Å²) in [5, 5.41) is 0. The number of hydroxylamine groups is 1. The zero-order valence-electron chi connectivity index (χ0n) is 7.53. The smallest absolute Gasteiger partial charge is 0.130 e. The molecule has 0 heterocycles. The predicted octanol–water partition coefficient (Wildman–Crippen LogP) is 1.92. The van der Waals surface area contributed by atoms with E-state index in [9.17, 15) is 8.78 Å². The van der Waals surface area contributed by atoms with Gasteiger partial charge in [-0.25, -0.2) is 8.78 Å².